The third-order valence-electron chi connectivity index (χ3n) is 2.08. The van der Waals surface area contributed by atoms with Crippen molar-refractivity contribution in [2.75, 3.05) is 6.54 Å². The fourth-order valence-corrected chi connectivity index (χ4v) is 4.82. The summed E-state index contributed by atoms with van der Waals surface area (Å²) in [5, 5.41) is 11.3. The fourth-order valence-electron chi connectivity index (χ4n) is 1.37. The van der Waals surface area contributed by atoms with Gasteiger partial charge in [-0.1, -0.05) is 13.8 Å². The summed E-state index contributed by atoms with van der Waals surface area (Å²) in [5.41, 5.74) is 0. The summed E-state index contributed by atoms with van der Waals surface area (Å²) in [6, 6.07) is 1.68. The SMILES string of the molecule is CC(C)CC(O)CNS(=O)(=O)c1sccc1Br. The van der Waals surface area contributed by atoms with E-state index in [9.17, 15) is 13.5 Å². The zero-order valence-corrected chi connectivity index (χ0v) is 12.9. The molecule has 0 bridgehead atoms. The van der Waals surface area contributed by atoms with E-state index in [1.165, 1.54) is 0 Å². The summed E-state index contributed by atoms with van der Waals surface area (Å²) in [7, 11) is -3.52. The van der Waals surface area contributed by atoms with Crippen molar-refractivity contribution in [2.45, 2.75) is 30.6 Å². The number of thiophene rings is 1. The number of sulfonamides is 1. The molecule has 0 aliphatic rings. The molecule has 0 spiro atoms. The van der Waals surface area contributed by atoms with Crippen LogP contribution >= 0.6 is 27.3 Å². The summed E-state index contributed by atoms with van der Waals surface area (Å²) >= 11 is 4.32. The predicted molar refractivity (Wildman–Crippen MR) is 72.7 cm³/mol. The van der Waals surface area contributed by atoms with Crippen molar-refractivity contribution in [3.05, 3.63) is 15.9 Å². The van der Waals surface area contributed by atoms with Crippen LogP contribution in [0.2, 0.25) is 0 Å². The van der Waals surface area contributed by atoms with E-state index >= 15 is 0 Å². The Morgan fingerprint density at radius 1 is 1.53 bits per heavy atom. The van der Waals surface area contributed by atoms with E-state index in [-0.39, 0.29) is 10.8 Å². The molecular weight excluding hydrogens is 326 g/mol. The standard InChI is InChI=1S/C10H16BrNO3S2/c1-7(2)5-8(13)6-12-17(14,15)10-9(11)3-4-16-10/h3-4,7-8,12-13H,5-6H2,1-2H3. The van der Waals surface area contributed by atoms with Gasteiger partial charge in [0.25, 0.3) is 10.0 Å². The monoisotopic (exact) mass is 341 g/mol. The highest BCUT2D eigenvalue weighted by molar-refractivity contribution is 9.10. The second-order valence-electron chi connectivity index (χ2n) is 4.19. The number of aliphatic hydroxyl groups excluding tert-OH is 1. The molecule has 0 saturated carbocycles. The molecule has 0 aliphatic carbocycles. The maximum absolute atomic E-state index is 11.9. The van der Waals surface area contributed by atoms with Gasteiger partial charge in [0.2, 0.25) is 0 Å². The second kappa shape index (κ2) is 6.29. The van der Waals surface area contributed by atoms with Gasteiger partial charge in [-0.25, -0.2) is 13.1 Å². The molecular formula is C10H16BrNO3S2. The van der Waals surface area contributed by atoms with Crippen LogP contribution in [0.4, 0.5) is 0 Å². The van der Waals surface area contributed by atoms with Gasteiger partial charge in [0.15, 0.2) is 0 Å². The van der Waals surface area contributed by atoms with Crippen molar-refractivity contribution >= 4 is 37.3 Å². The lowest BCUT2D eigenvalue weighted by Gasteiger charge is -2.13. The molecule has 0 amide bonds. The Morgan fingerprint density at radius 3 is 2.65 bits per heavy atom. The first-order chi connectivity index (χ1) is 7.83. The maximum Gasteiger partial charge on any atom is 0.251 e. The van der Waals surface area contributed by atoms with Gasteiger partial charge in [-0.3, -0.25) is 0 Å². The van der Waals surface area contributed by atoms with Crippen LogP contribution in [-0.4, -0.2) is 26.2 Å². The van der Waals surface area contributed by atoms with Crippen LogP contribution in [0.1, 0.15) is 20.3 Å². The Hall–Kier alpha value is 0.0500. The summed E-state index contributed by atoms with van der Waals surface area (Å²) in [6.07, 6.45) is -0.0720. The van der Waals surface area contributed by atoms with Gasteiger partial charge in [0, 0.05) is 11.0 Å². The molecule has 0 aromatic carbocycles. The van der Waals surface area contributed by atoms with E-state index in [1.807, 2.05) is 13.8 Å². The summed E-state index contributed by atoms with van der Waals surface area (Å²) < 4.78 is 26.9. The predicted octanol–water partition coefficient (Wildman–Crippen LogP) is 2.20. The van der Waals surface area contributed by atoms with Crippen LogP contribution in [0.25, 0.3) is 0 Å². The Labute approximate surface area is 114 Å². The van der Waals surface area contributed by atoms with Crippen molar-refractivity contribution in [1.29, 1.82) is 0 Å². The molecule has 1 heterocycles. The minimum absolute atomic E-state index is 0.0465. The molecule has 1 aromatic heterocycles. The molecule has 0 saturated heterocycles. The Morgan fingerprint density at radius 2 is 2.18 bits per heavy atom. The van der Waals surface area contributed by atoms with Gasteiger partial charge >= 0.3 is 0 Å². The van der Waals surface area contributed by atoms with Crippen LogP contribution in [0.15, 0.2) is 20.1 Å². The molecule has 0 fully saturated rings. The Balaban J connectivity index is 2.60. The van der Waals surface area contributed by atoms with E-state index in [0.29, 0.717) is 16.8 Å². The number of halogens is 1. The lowest BCUT2D eigenvalue weighted by atomic mass is 10.1. The van der Waals surface area contributed by atoms with Gasteiger partial charge in [0.05, 0.1) is 6.10 Å². The zero-order valence-electron chi connectivity index (χ0n) is 9.68. The Kier molecular flexibility index (Phi) is 5.59. The molecule has 1 unspecified atom stereocenters. The van der Waals surface area contributed by atoms with E-state index in [4.69, 9.17) is 0 Å². The van der Waals surface area contributed by atoms with Gasteiger partial charge in [-0.05, 0) is 39.7 Å². The van der Waals surface area contributed by atoms with Gasteiger partial charge in [0.1, 0.15) is 4.21 Å². The van der Waals surface area contributed by atoms with E-state index in [1.54, 1.807) is 11.4 Å². The molecule has 17 heavy (non-hydrogen) atoms. The van der Waals surface area contributed by atoms with Gasteiger partial charge in [-0.15, -0.1) is 11.3 Å². The third kappa shape index (κ3) is 4.67. The number of hydrogen-bond acceptors (Lipinski definition) is 4. The number of nitrogens with one attached hydrogen (secondary N) is 1. The van der Waals surface area contributed by atoms with Crippen LogP contribution in [0, 0.1) is 5.92 Å². The highest BCUT2D eigenvalue weighted by Crippen LogP contribution is 2.27. The first kappa shape index (κ1) is 15.1. The summed E-state index contributed by atoms with van der Waals surface area (Å²) in [6.45, 7) is 4.01. The topological polar surface area (TPSA) is 66.4 Å². The third-order valence-corrected chi connectivity index (χ3v) is 6.17. The molecule has 0 radical (unpaired) electrons. The lowest BCUT2D eigenvalue weighted by Crippen LogP contribution is -2.32. The quantitative estimate of drug-likeness (QED) is 0.833. The molecule has 98 valence electrons. The van der Waals surface area contributed by atoms with Crippen LogP contribution in [0.3, 0.4) is 0 Å². The van der Waals surface area contributed by atoms with Crippen molar-refractivity contribution in [1.82, 2.24) is 4.72 Å². The fraction of sp³-hybridized carbons (Fsp3) is 0.600. The minimum atomic E-state index is -3.52. The van der Waals surface area contributed by atoms with Crippen LogP contribution in [-0.2, 0) is 10.0 Å². The molecule has 1 rings (SSSR count). The van der Waals surface area contributed by atoms with Crippen LogP contribution < -0.4 is 4.72 Å². The molecule has 1 atom stereocenters. The average Bonchev–Trinajstić information content (AvgIpc) is 2.61. The zero-order chi connectivity index (χ0) is 13.1. The minimum Gasteiger partial charge on any atom is -0.392 e. The maximum atomic E-state index is 11.9. The Bertz CT molecular complexity index is 456. The smallest absolute Gasteiger partial charge is 0.251 e. The number of aliphatic hydroxyl groups is 1. The average molecular weight is 342 g/mol. The highest BCUT2D eigenvalue weighted by atomic mass is 79.9. The van der Waals surface area contributed by atoms with Crippen molar-refractivity contribution in [2.24, 2.45) is 5.92 Å². The van der Waals surface area contributed by atoms with Crippen molar-refractivity contribution < 1.29 is 13.5 Å². The lowest BCUT2D eigenvalue weighted by molar-refractivity contribution is 0.152. The molecule has 0 aliphatic heterocycles. The second-order valence-corrected chi connectivity index (χ2v) is 7.92. The van der Waals surface area contributed by atoms with E-state index < -0.39 is 16.1 Å². The van der Waals surface area contributed by atoms with Gasteiger partial charge < -0.3 is 5.11 Å². The summed E-state index contributed by atoms with van der Waals surface area (Å²) in [4.78, 5) is 0. The number of rotatable bonds is 6. The van der Waals surface area contributed by atoms with E-state index in [2.05, 4.69) is 20.7 Å². The molecule has 2 N–H and O–H groups in total. The van der Waals surface area contributed by atoms with Crippen molar-refractivity contribution in [3.8, 4) is 0 Å². The first-order valence-electron chi connectivity index (χ1n) is 5.23. The molecule has 1 aromatic rings. The number of hydrogen-bond donors (Lipinski definition) is 2. The first-order valence-corrected chi connectivity index (χ1v) is 8.39. The van der Waals surface area contributed by atoms with E-state index in [0.717, 1.165) is 11.3 Å². The largest absolute Gasteiger partial charge is 0.392 e. The highest BCUT2D eigenvalue weighted by Gasteiger charge is 2.20. The van der Waals surface area contributed by atoms with Gasteiger partial charge in [-0.2, -0.15) is 0 Å². The summed E-state index contributed by atoms with van der Waals surface area (Å²) in [5.74, 6) is 0.336. The van der Waals surface area contributed by atoms with Crippen molar-refractivity contribution in [3.63, 3.8) is 0 Å². The normalized spacial score (nSPS) is 14.2. The molecule has 4 nitrogen and oxygen atoms in total. The van der Waals surface area contributed by atoms with Crippen LogP contribution in [0.5, 0.6) is 0 Å². The molecule has 7 heteroatoms.